The lowest BCUT2D eigenvalue weighted by molar-refractivity contribution is 0.0914. The van der Waals surface area contributed by atoms with Crippen LogP contribution in [0.2, 0.25) is 0 Å². The Balaban J connectivity index is 0.00000208. The molecule has 2 aromatic rings. The van der Waals surface area contributed by atoms with E-state index in [0.717, 1.165) is 41.9 Å². The van der Waals surface area contributed by atoms with Crippen LogP contribution in [-0.4, -0.2) is 29.6 Å². The van der Waals surface area contributed by atoms with Crippen molar-refractivity contribution >= 4 is 12.4 Å². The second-order valence-electron chi connectivity index (χ2n) is 5.94. The smallest absolute Gasteiger partial charge is 0.127 e. The Morgan fingerprint density at radius 2 is 1.38 bits per heavy atom. The largest absolute Gasteiger partial charge is 0.379 e. The maximum absolute atomic E-state index is 11.4. The Hall–Kier alpha value is -1.79. The molecule has 1 aliphatic carbocycles. The van der Waals surface area contributed by atoms with Crippen LogP contribution in [0.3, 0.4) is 0 Å². The SMILES string of the molecule is CCN(CC)CC#CCC1(O)c2ccccc2-c2ccccc21.Cl. The second-order valence-corrected chi connectivity index (χ2v) is 5.94. The highest BCUT2D eigenvalue weighted by Crippen LogP contribution is 2.48. The molecule has 0 saturated carbocycles. The molecule has 0 saturated heterocycles. The summed E-state index contributed by atoms with van der Waals surface area (Å²) in [6.07, 6.45) is 0.433. The highest BCUT2D eigenvalue weighted by Gasteiger charge is 2.40. The van der Waals surface area contributed by atoms with E-state index in [4.69, 9.17) is 0 Å². The van der Waals surface area contributed by atoms with Crippen LogP contribution in [0.15, 0.2) is 48.5 Å². The number of fused-ring (bicyclic) bond motifs is 3. The van der Waals surface area contributed by atoms with E-state index >= 15 is 0 Å². The lowest BCUT2D eigenvalue weighted by Gasteiger charge is -2.23. The van der Waals surface area contributed by atoms with Gasteiger partial charge in [0.25, 0.3) is 0 Å². The van der Waals surface area contributed by atoms with Crippen LogP contribution in [0.5, 0.6) is 0 Å². The van der Waals surface area contributed by atoms with Gasteiger partial charge >= 0.3 is 0 Å². The second kappa shape index (κ2) is 7.85. The summed E-state index contributed by atoms with van der Waals surface area (Å²) >= 11 is 0. The summed E-state index contributed by atoms with van der Waals surface area (Å²) in [5, 5.41) is 11.4. The number of aliphatic hydroxyl groups is 1. The predicted octanol–water partition coefficient (Wildman–Crippen LogP) is 4.06. The first-order chi connectivity index (χ1) is 11.2. The Labute approximate surface area is 150 Å². The summed E-state index contributed by atoms with van der Waals surface area (Å²) in [7, 11) is 0. The fourth-order valence-electron chi connectivity index (χ4n) is 3.30. The third kappa shape index (κ3) is 3.21. The molecule has 0 unspecified atom stereocenters. The lowest BCUT2D eigenvalue weighted by Crippen LogP contribution is -2.25. The van der Waals surface area contributed by atoms with Gasteiger partial charge in [0.15, 0.2) is 0 Å². The molecule has 24 heavy (non-hydrogen) atoms. The highest BCUT2D eigenvalue weighted by atomic mass is 35.5. The molecular weight excluding hydrogens is 318 g/mol. The third-order valence-corrected chi connectivity index (χ3v) is 4.70. The summed E-state index contributed by atoms with van der Waals surface area (Å²) in [4.78, 5) is 2.27. The number of hydrogen-bond donors (Lipinski definition) is 1. The van der Waals surface area contributed by atoms with E-state index in [1.165, 1.54) is 0 Å². The molecule has 0 bridgehead atoms. The lowest BCUT2D eigenvalue weighted by atomic mass is 9.88. The molecule has 0 aliphatic heterocycles. The van der Waals surface area contributed by atoms with Crippen molar-refractivity contribution in [3.05, 3.63) is 59.7 Å². The van der Waals surface area contributed by atoms with Gasteiger partial charge in [-0.05, 0) is 35.3 Å². The van der Waals surface area contributed by atoms with Crippen LogP contribution in [0, 0.1) is 11.8 Å². The van der Waals surface area contributed by atoms with Gasteiger partial charge in [0, 0.05) is 6.42 Å². The van der Waals surface area contributed by atoms with E-state index in [2.05, 4.69) is 42.7 Å². The first kappa shape index (κ1) is 18.5. The molecule has 3 rings (SSSR count). The van der Waals surface area contributed by atoms with E-state index in [-0.39, 0.29) is 12.4 Å². The molecule has 0 heterocycles. The summed E-state index contributed by atoms with van der Waals surface area (Å²) in [5.74, 6) is 6.42. The molecule has 1 N–H and O–H groups in total. The first-order valence-corrected chi connectivity index (χ1v) is 8.30. The molecule has 0 atom stereocenters. The maximum Gasteiger partial charge on any atom is 0.127 e. The molecule has 2 nitrogen and oxygen atoms in total. The minimum atomic E-state index is -0.997. The van der Waals surface area contributed by atoms with Crippen LogP contribution in [-0.2, 0) is 5.60 Å². The summed E-state index contributed by atoms with van der Waals surface area (Å²) in [5.41, 5.74) is 3.19. The van der Waals surface area contributed by atoms with Gasteiger partial charge in [0.1, 0.15) is 5.60 Å². The van der Waals surface area contributed by atoms with Crippen molar-refractivity contribution in [1.29, 1.82) is 0 Å². The Bertz CT molecular complexity index is 710. The van der Waals surface area contributed by atoms with Gasteiger partial charge in [-0.15, -0.1) is 12.4 Å². The molecule has 0 spiro atoms. The zero-order chi connectivity index (χ0) is 16.3. The third-order valence-electron chi connectivity index (χ3n) is 4.70. The van der Waals surface area contributed by atoms with Crippen molar-refractivity contribution in [2.45, 2.75) is 25.9 Å². The average molecular weight is 342 g/mol. The number of benzene rings is 2. The number of halogens is 1. The highest BCUT2D eigenvalue weighted by molar-refractivity contribution is 5.85. The zero-order valence-electron chi connectivity index (χ0n) is 14.2. The van der Waals surface area contributed by atoms with E-state index < -0.39 is 5.60 Å². The van der Waals surface area contributed by atoms with Crippen LogP contribution in [0.1, 0.15) is 31.4 Å². The monoisotopic (exact) mass is 341 g/mol. The van der Waals surface area contributed by atoms with Gasteiger partial charge in [-0.1, -0.05) is 74.2 Å². The first-order valence-electron chi connectivity index (χ1n) is 8.30. The maximum atomic E-state index is 11.4. The average Bonchev–Trinajstić information content (AvgIpc) is 2.86. The minimum absolute atomic E-state index is 0. The zero-order valence-corrected chi connectivity index (χ0v) is 15.1. The fourth-order valence-corrected chi connectivity index (χ4v) is 3.30. The molecule has 2 aromatic carbocycles. The molecule has 0 amide bonds. The number of hydrogen-bond acceptors (Lipinski definition) is 2. The minimum Gasteiger partial charge on any atom is -0.379 e. The van der Waals surface area contributed by atoms with Crippen molar-refractivity contribution in [3.8, 4) is 23.0 Å². The summed E-state index contributed by atoms with van der Waals surface area (Å²) in [6.45, 7) is 7.04. The molecule has 0 aromatic heterocycles. The van der Waals surface area contributed by atoms with E-state index in [1.54, 1.807) is 0 Å². The van der Waals surface area contributed by atoms with Gasteiger partial charge in [-0.2, -0.15) is 0 Å². The molecule has 3 heteroatoms. The Morgan fingerprint density at radius 1 is 0.875 bits per heavy atom. The molecular formula is C21H24ClNO. The molecule has 0 fully saturated rings. The molecule has 1 aliphatic rings. The van der Waals surface area contributed by atoms with Crippen molar-refractivity contribution < 1.29 is 5.11 Å². The van der Waals surface area contributed by atoms with Crippen LogP contribution in [0.4, 0.5) is 0 Å². The van der Waals surface area contributed by atoms with E-state index in [1.807, 2.05) is 36.4 Å². The van der Waals surface area contributed by atoms with Gasteiger partial charge in [-0.25, -0.2) is 0 Å². The van der Waals surface area contributed by atoms with Crippen LogP contribution in [0.25, 0.3) is 11.1 Å². The predicted molar refractivity (Wildman–Crippen MR) is 102 cm³/mol. The van der Waals surface area contributed by atoms with Gasteiger partial charge in [0.05, 0.1) is 6.54 Å². The topological polar surface area (TPSA) is 23.5 Å². The molecule has 0 radical (unpaired) electrons. The molecule has 126 valence electrons. The summed E-state index contributed by atoms with van der Waals surface area (Å²) < 4.78 is 0. The van der Waals surface area contributed by atoms with Crippen LogP contribution >= 0.6 is 12.4 Å². The number of nitrogens with zero attached hydrogens (tertiary/aromatic N) is 1. The Kier molecular flexibility index (Phi) is 6.07. The van der Waals surface area contributed by atoms with Crippen LogP contribution < -0.4 is 0 Å². The van der Waals surface area contributed by atoms with Crippen molar-refractivity contribution in [2.24, 2.45) is 0 Å². The van der Waals surface area contributed by atoms with Crippen molar-refractivity contribution in [3.63, 3.8) is 0 Å². The fraction of sp³-hybridized carbons (Fsp3) is 0.333. The standard InChI is InChI=1S/C21H23NO.ClH/c1-3-22(4-2)16-10-9-15-21(23)19-13-7-5-11-17(19)18-12-6-8-14-20(18)21;/h5-8,11-14,23H,3-4,15-16H2,1-2H3;1H. The van der Waals surface area contributed by atoms with Crippen molar-refractivity contribution in [1.82, 2.24) is 4.90 Å². The van der Waals surface area contributed by atoms with E-state index in [0.29, 0.717) is 6.42 Å². The van der Waals surface area contributed by atoms with E-state index in [9.17, 15) is 5.11 Å². The normalized spacial score (nSPS) is 13.5. The Morgan fingerprint density at radius 3 is 1.88 bits per heavy atom. The number of rotatable bonds is 4. The van der Waals surface area contributed by atoms with Gasteiger partial charge in [0.2, 0.25) is 0 Å². The van der Waals surface area contributed by atoms with Gasteiger partial charge < -0.3 is 5.11 Å². The quantitative estimate of drug-likeness (QED) is 0.848. The summed E-state index contributed by atoms with van der Waals surface area (Å²) in [6, 6.07) is 16.2. The van der Waals surface area contributed by atoms with Gasteiger partial charge in [-0.3, -0.25) is 4.90 Å². The van der Waals surface area contributed by atoms with Crippen molar-refractivity contribution in [2.75, 3.05) is 19.6 Å².